The average Bonchev–Trinajstić information content (AvgIpc) is 2.62. The summed E-state index contributed by atoms with van der Waals surface area (Å²) in [6, 6.07) is 17.0. The van der Waals surface area contributed by atoms with Crippen LogP contribution in [0.3, 0.4) is 0 Å². The number of carbonyl (C=O) groups is 1. The lowest BCUT2D eigenvalue weighted by atomic mass is 10.1. The molecule has 0 saturated carbocycles. The van der Waals surface area contributed by atoms with Gasteiger partial charge in [0.25, 0.3) is 0 Å². The van der Waals surface area contributed by atoms with Crippen LogP contribution >= 0.6 is 11.8 Å². The first kappa shape index (κ1) is 19.5. The van der Waals surface area contributed by atoms with Gasteiger partial charge in [-0.1, -0.05) is 43.3 Å². The summed E-state index contributed by atoms with van der Waals surface area (Å²) in [5, 5.41) is 3.08. The van der Waals surface area contributed by atoms with Gasteiger partial charge in [0.2, 0.25) is 5.91 Å². The van der Waals surface area contributed by atoms with Gasteiger partial charge in [-0.25, -0.2) is 0 Å². The van der Waals surface area contributed by atoms with Gasteiger partial charge in [-0.15, -0.1) is 11.8 Å². The van der Waals surface area contributed by atoms with Gasteiger partial charge in [-0.3, -0.25) is 9.69 Å². The summed E-state index contributed by atoms with van der Waals surface area (Å²) in [5.74, 6) is 0.0512. The Labute approximate surface area is 155 Å². The Balaban J connectivity index is 1.83. The predicted molar refractivity (Wildman–Crippen MR) is 107 cm³/mol. The molecule has 1 amide bonds. The SMILES string of the molecule is CCc1ccc([C@H](C)NC(=O)CN(C)Cc2ccc(SC)cc2)cc1. The Hall–Kier alpha value is -1.78. The minimum atomic E-state index is 0.0210. The van der Waals surface area contributed by atoms with Crippen molar-refractivity contribution >= 4 is 17.7 Å². The molecule has 134 valence electrons. The van der Waals surface area contributed by atoms with Crippen LogP contribution < -0.4 is 5.32 Å². The lowest BCUT2D eigenvalue weighted by molar-refractivity contribution is -0.122. The molecule has 2 aromatic rings. The first-order valence-corrected chi connectivity index (χ1v) is 9.94. The second kappa shape index (κ2) is 9.64. The molecule has 3 nitrogen and oxygen atoms in total. The minimum Gasteiger partial charge on any atom is -0.348 e. The molecule has 0 heterocycles. The Morgan fingerprint density at radius 3 is 2.24 bits per heavy atom. The fourth-order valence-corrected chi connectivity index (χ4v) is 3.16. The summed E-state index contributed by atoms with van der Waals surface area (Å²) in [6.45, 7) is 5.33. The standard InChI is InChI=1S/C21H28N2OS/c1-5-17-6-10-19(11-7-17)16(2)22-21(24)15-23(3)14-18-8-12-20(25-4)13-9-18/h6-13,16H,5,14-15H2,1-4H3,(H,22,24)/t16-/m0/s1. The monoisotopic (exact) mass is 356 g/mol. The first-order chi connectivity index (χ1) is 12.0. The van der Waals surface area contributed by atoms with Gasteiger partial charge in [0.1, 0.15) is 0 Å². The van der Waals surface area contributed by atoms with Crippen LogP contribution in [0.2, 0.25) is 0 Å². The number of amides is 1. The predicted octanol–water partition coefficient (Wildman–Crippen LogP) is 4.28. The minimum absolute atomic E-state index is 0.0210. The van der Waals surface area contributed by atoms with Crippen LogP contribution in [0, 0.1) is 0 Å². The molecule has 0 saturated heterocycles. The van der Waals surface area contributed by atoms with E-state index in [2.05, 4.69) is 67.0 Å². The smallest absolute Gasteiger partial charge is 0.234 e. The second-order valence-corrected chi connectivity index (χ2v) is 7.28. The summed E-state index contributed by atoms with van der Waals surface area (Å²) in [6.07, 6.45) is 3.10. The van der Waals surface area contributed by atoms with E-state index in [1.54, 1.807) is 11.8 Å². The van der Waals surface area contributed by atoms with Crippen LogP contribution in [0.4, 0.5) is 0 Å². The highest BCUT2D eigenvalue weighted by Crippen LogP contribution is 2.16. The van der Waals surface area contributed by atoms with Crippen molar-refractivity contribution in [2.24, 2.45) is 0 Å². The number of likely N-dealkylation sites (N-methyl/N-ethyl adjacent to an activating group) is 1. The molecule has 0 radical (unpaired) electrons. The van der Waals surface area contributed by atoms with Crippen molar-refractivity contribution in [3.05, 3.63) is 65.2 Å². The van der Waals surface area contributed by atoms with Gasteiger partial charge in [0.05, 0.1) is 12.6 Å². The van der Waals surface area contributed by atoms with Crippen LogP contribution in [-0.4, -0.2) is 30.7 Å². The summed E-state index contributed by atoms with van der Waals surface area (Å²) in [5.41, 5.74) is 3.67. The van der Waals surface area contributed by atoms with Crippen molar-refractivity contribution in [1.82, 2.24) is 10.2 Å². The lowest BCUT2D eigenvalue weighted by Crippen LogP contribution is -2.36. The van der Waals surface area contributed by atoms with Crippen molar-refractivity contribution in [3.8, 4) is 0 Å². The number of aryl methyl sites for hydroxylation is 1. The molecule has 0 fully saturated rings. The Morgan fingerprint density at radius 1 is 1.08 bits per heavy atom. The maximum absolute atomic E-state index is 12.3. The van der Waals surface area contributed by atoms with Crippen molar-refractivity contribution < 1.29 is 4.79 Å². The number of nitrogens with zero attached hydrogens (tertiary/aromatic N) is 1. The van der Waals surface area contributed by atoms with Gasteiger partial charge < -0.3 is 5.32 Å². The summed E-state index contributed by atoms with van der Waals surface area (Å²) in [7, 11) is 1.97. The molecule has 4 heteroatoms. The van der Waals surface area contributed by atoms with Gasteiger partial charge in [-0.2, -0.15) is 0 Å². The van der Waals surface area contributed by atoms with Crippen LogP contribution in [0.15, 0.2) is 53.4 Å². The zero-order valence-corrected chi connectivity index (χ0v) is 16.4. The fraction of sp³-hybridized carbons (Fsp3) is 0.381. The number of nitrogens with one attached hydrogen (secondary N) is 1. The van der Waals surface area contributed by atoms with Crippen LogP contribution in [-0.2, 0) is 17.8 Å². The van der Waals surface area contributed by atoms with E-state index in [9.17, 15) is 4.79 Å². The lowest BCUT2D eigenvalue weighted by Gasteiger charge is -2.19. The molecule has 1 N–H and O–H groups in total. The number of rotatable bonds is 8. The van der Waals surface area contributed by atoms with E-state index >= 15 is 0 Å². The van der Waals surface area contributed by atoms with Crippen LogP contribution in [0.1, 0.15) is 36.6 Å². The Kier molecular flexibility index (Phi) is 7.53. The molecule has 0 unspecified atom stereocenters. The van der Waals surface area contributed by atoms with Crippen LogP contribution in [0.25, 0.3) is 0 Å². The number of hydrogen-bond donors (Lipinski definition) is 1. The largest absolute Gasteiger partial charge is 0.348 e. The number of hydrogen-bond acceptors (Lipinski definition) is 3. The summed E-state index contributed by atoms with van der Waals surface area (Å²) >= 11 is 1.74. The highest BCUT2D eigenvalue weighted by atomic mass is 32.2. The molecule has 0 aromatic heterocycles. The molecule has 2 rings (SSSR count). The first-order valence-electron chi connectivity index (χ1n) is 8.71. The maximum Gasteiger partial charge on any atom is 0.234 e. The number of carbonyl (C=O) groups excluding carboxylic acids is 1. The van der Waals surface area contributed by atoms with Crippen molar-refractivity contribution in [2.75, 3.05) is 19.8 Å². The van der Waals surface area contributed by atoms with E-state index < -0.39 is 0 Å². The maximum atomic E-state index is 12.3. The third-order valence-electron chi connectivity index (χ3n) is 4.29. The highest BCUT2D eigenvalue weighted by Gasteiger charge is 2.12. The molecule has 0 bridgehead atoms. The molecule has 0 aliphatic heterocycles. The summed E-state index contributed by atoms with van der Waals surface area (Å²) < 4.78 is 0. The molecule has 0 aliphatic carbocycles. The van der Waals surface area contributed by atoms with E-state index in [1.807, 2.05) is 18.9 Å². The van der Waals surface area contributed by atoms with Gasteiger partial charge in [0, 0.05) is 11.4 Å². The number of thioether (sulfide) groups is 1. The van der Waals surface area contributed by atoms with Gasteiger partial charge >= 0.3 is 0 Å². The van der Waals surface area contributed by atoms with Crippen molar-refractivity contribution in [2.45, 2.75) is 37.8 Å². The second-order valence-electron chi connectivity index (χ2n) is 6.40. The van der Waals surface area contributed by atoms with Crippen LogP contribution in [0.5, 0.6) is 0 Å². The Bertz CT molecular complexity index is 667. The van der Waals surface area contributed by atoms with Crippen molar-refractivity contribution in [3.63, 3.8) is 0 Å². The third-order valence-corrected chi connectivity index (χ3v) is 5.03. The molecule has 1 atom stereocenters. The van der Waals surface area contributed by atoms with Crippen molar-refractivity contribution in [1.29, 1.82) is 0 Å². The topological polar surface area (TPSA) is 32.3 Å². The molecule has 0 aliphatic rings. The fourth-order valence-electron chi connectivity index (χ4n) is 2.76. The van der Waals surface area contributed by atoms with E-state index in [4.69, 9.17) is 0 Å². The molecule has 0 spiro atoms. The van der Waals surface area contributed by atoms with E-state index in [1.165, 1.54) is 16.0 Å². The van der Waals surface area contributed by atoms with E-state index in [-0.39, 0.29) is 11.9 Å². The van der Waals surface area contributed by atoms with E-state index in [0.29, 0.717) is 6.54 Å². The summed E-state index contributed by atoms with van der Waals surface area (Å²) in [4.78, 5) is 15.6. The third kappa shape index (κ3) is 6.22. The molecular formula is C21H28N2OS. The highest BCUT2D eigenvalue weighted by molar-refractivity contribution is 7.98. The average molecular weight is 357 g/mol. The Morgan fingerprint density at radius 2 is 1.68 bits per heavy atom. The zero-order valence-electron chi connectivity index (χ0n) is 15.6. The zero-order chi connectivity index (χ0) is 18.2. The van der Waals surface area contributed by atoms with Gasteiger partial charge in [0.15, 0.2) is 0 Å². The molecule has 25 heavy (non-hydrogen) atoms. The number of benzene rings is 2. The normalized spacial score (nSPS) is 12.2. The molecule has 2 aromatic carbocycles. The molecular weight excluding hydrogens is 328 g/mol. The quantitative estimate of drug-likeness (QED) is 0.717. The van der Waals surface area contributed by atoms with E-state index in [0.717, 1.165) is 18.5 Å². The van der Waals surface area contributed by atoms with Gasteiger partial charge in [-0.05, 0) is 55.5 Å².